The van der Waals surface area contributed by atoms with E-state index in [1.807, 2.05) is 0 Å². The van der Waals surface area contributed by atoms with Crippen LogP contribution in [0.25, 0.3) is 0 Å². The minimum Gasteiger partial charge on any atom is -0.406 e. The number of anilines is 1. The maximum atomic E-state index is 11.9. The predicted octanol–water partition coefficient (Wildman–Crippen LogP) is 2.39. The highest BCUT2D eigenvalue weighted by Crippen LogP contribution is 2.24. The van der Waals surface area contributed by atoms with Gasteiger partial charge in [-0.2, -0.15) is 0 Å². The minimum atomic E-state index is -4.71. The van der Waals surface area contributed by atoms with Crippen LogP contribution >= 0.6 is 0 Å². The minimum absolute atomic E-state index is 0.315. The molecule has 1 aromatic carbocycles. The van der Waals surface area contributed by atoms with Crippen LogP contribution in [0.5, 0.6) is 5.75 Å². The van der Waals surface area contributed by atoms with Crippen LogP contribution in [-0.2, 0) is 4.79 Å². The Morgan fingerprint density at radius 2 is 1.89 bits per heavy atom. The first kappa shape index (κ1) is 13.9. The summed E-state index contributed by atoms with van der Waals surface area (Å²) in [6.45, 7) is 1.60. The summed E-state index contributed by atoms with van der Waals surface area (Å²) in [7, 11) is 0. The first-order chi connectivity index (χ1) is 8.26. The maximum absolute atomic E-state index is 11.9. The van der Waals surface area contributed by atoms with Gasteiger partial charge in [0.2, 0.25) is 5.91 Å². The van der Waals surface area contributed by atoms with Gasteiger partial charge in [-0.25, -0.2) is 0 Å². The quantitative estimate of drug-likeness (QED) is 0.817. The number of nitrogens with one attached hydrogen (secondary N) is 1. The van der Waals surface area contributed by atoms with E-state index in [1.165, 1.54) is 18.2 Å². The van der Waals surface area contributed by atoms with Gasteiger partial charge in [-0.3, -0.25) is 4.79 Å². The number of rotatable bonds is 4. The van der Waals surface area contributed by atoms with Gasteiger partial charge in [0, 0.05) is 17.5 Å². The molecule has 0 aliphatic carbocycles. The molecule has 18 heavy (non-hydrogen) atoms. The molecular formula is C11H11F3N2O2. The fourth-order valence-corrected chi connectivity index (χ4v) is 1.22. The first-order valence-corrected chi connectivity index (χ1v) is 4.87. The maximum Gasteiger partial charge on any atom is 0.573 e. The molecule has 0 unspecified atom stereocenters. The zero-order valence-corrected chi connectivity index (χ0v) is 9.41. The molecule has 0 fully saturated rings. The van der Waals surface area contributed by atoms with Gasteiger partial charge in [-0.05, 0) is 31.2 Å². The number of benzene rings is 1. The zero-order valence-electron chi connectivity index (χ0n) is 9.41. The topological polar surface area (TPSA) is 64.4 Å². The largest absolute Gasteiger partial charge is 0.573 e. The summed E-state index contributed by atoms with van der Waals surface area (Å²) < 4.78 is 39.4. The average molecular weight is 260 g/mol. The van der Waals surface area contributed by atoms with E-state index in [9.17, 15) is 18.0 Å². The van der Waals surface area contributed by atoms with Gasteiger partial charge in [0.25, 0.3) is 0 Å². The Bertz CT molecular complexity index is 452. The van der Waals surface area contributed by atoms with Crippen molar-refractivity contribution >= 4 is 11.6 Å². The summed E-state index contributed by atoms with van der Waals surface area (Å²) in [5.41, 5.74) is 5.93. The van der Waals surface area contributed by atoms with E-state index in [0.29, 0.717) is 11.4 Å². The van der Waals surface area contributed by atoms with Crippen LogP contribution in [0.3, 0.4) is 0 Å². The number of carbonyl (C=O) groups excluding carboxylic acids is 1. The number of hydrogen-bond acceptors (Lipinski definition) is 3. The molecule has 0 bridgehead atoms. The Morgan fingerprint density at radius 3 is 2.33 bits per heavy atom. The summed E-state index contributed by atoms with van der Waals surface area (Å²) in [5, 5.41) is 2.79. The van der Waals surface area contributed by atoms with E-state index in [2.05, 4.69) is 10.1 Å². The highest BCUT2D eigenvalue weighted by molar-refractivity contribution is 5.87. The summed E-state index contributed by atoms with van der Waals surface area (Å²) in [4.78, 5) is 10.6. The van der Waals surface area contributed by atoms with Crippen molar-refractivity contribution in [3.63, 3.8) is 0 Å². The Labute approximate surface area is 101 Å². The molecule has 0 spiro atoms. The monoisotopic (exact) mass is 260 g/mol. The van der Waals surface area contributed by atoms with Gasteiger partial charge >= 0.3 is 6.36 Å². The standard InChI is InChI=1S/C11H11F3N2O2/c1-7(6-10(15)17)16-8-2-4-9(5-3-8)18-11(12,13)14/h2-6,16H,1H3,(H2,15,17)/b7-6-. The summed E-state index contributed by atoms with van der Waals surface area (Å²) in [6.07, 6.45) is -3.54. The van der Waals surface area contributed by atoms with E-state index in [0.717, 1.165) is 12.1 Å². The molecule has 3 N–H and O–H groups in total. The summed E-state index contributed by atoms with van der Waals surface area (Å²) >= 11 is 0. The van der Waals surface area contributed by atoms with E-state index in [1.54, 1.807) is 6.92 Å². The number of ether oxygens (including phenoxy) is 1. The molecule has 1 rings (SSSR count). The molecule has 7 heteroatoms. The number of hydrogen-bond donors (Lipinski definition) is 2. The lowest BCUT2D eigenvalue weighted by molar-refractivity contribution is -0.274. The number of amides is 1. The molecule has 4 nitrogen and oxygen atoms in total. The van der Waals surface area contributed by atoms with Crippen molar-refractivity contribution in [3.8, 4) is 5.75 Å². The Balaban J connectivity index is 2.69. The van der Waals surface area contributed by atoms with E-state index >= 15 is 0 Å². The van der Waals surface area contributed by atoms with E-state index < -0.39 is 12.3 Å². The average Bonchev–Trinajstić information content (AvgIpc) is 2.17. The van der Waals surface area contributed by atoms with Crippen LogP contribution in [0.15, 0.2) is 36.0 Å². The molecular weight excluding hydrogens is 249 g/mol. The number of nitrogens with two attached hydrogens (primary N) is 1. The van der Waals surface area contributed by atoms with Crippen molar-refractivity contribution < 1.29 is 22.7 Å². The van der Waals surface area contributed by atoms with Crippen molar-refractivity contribution in [1.29, 1.82) is 0 Å². The van der Waals surface area contributed by atoms with Crippen LogP contribution < -0.4 is 15.8 Å². The third-order valence-electron chi connectivity index (χ3n) is 1.79. The number of alkyl halides is 3. The third kappa shape index (κ3) is 5.24. The van der Waals surface area contributed by atoms with Gasteiger partial charge in [0.1, 0.15) is 5.75 Å². The van der Waals surface area contributed by atoms with E-state index in [-0.39, 0.29) is 5.75 Å². The molecule has 0 heterocycles. The van der Waals surface area contributed by atoms with Gasteiger partial charge in [-0.15, -0.1) is 13.2 Å². The fourth-order valence-electron chi connectivity index (χ4n) is 1.22. The number of carbonyl (C=O) groups is 1. The Morgan fingerprint density at radius 1 is 1.33 bits per heavy atom. The molecule has 1 aromatic rings. The van der Waals surface area contributed by atoms with Gasteiger partial charge in [-0.1, -0.05) is 0 Å². The molecule has 0 atom stereocenters. The first-order valence-electron chi connectivity index (χ1n) is 4.87. The SMILES string of the molecule is C/C(=C/C(N)=O)Nc1ccc(OC(F)(F)F)cc1. The lowest BCUT2D eigenvalue weighted by atomic mass is 10.3. The molecule has 0 saturated carbocycles. The normalized spacial score (nSPS) is 12.1. The second-order valence-electron chi connectivity index (χ2n) is 3.43. The van der Waals surface area contributed by atoms with Crippen molar-refractivity contribution in [2.75, 3.05) is 5.32 Å². The van der Waals surface area contributed by atoms with Crippen molar-refractivity contribution in [3.05, 3.63) is 36.0 Å². The summed E-state index contributed by atoms with van der Waals surface area (Å²) in [5.74, 6) is -0.929. The smallest absolute Gasteiger partial charge is 0.406 e. The molecule has 0 saturated heterocycles. The van der Waals surface area contributed by atoms with Gasteiger partial charge < -0.3 is 15.8 Å². The van der Waals surface area contributed by atoms with Gasteiger partial charge in [0.05, 0.1) is 0 Å². The van der Waals surface area contributed by atoms with Crippen LogP contribution in [0.1, 0.15) is 6.92 Å². The third-order valence-corrected chi connectivity index (χ3v) is 1.79. The molecule has 0 radical (unpaired) electrons. The molecule has 0 aliphatic rings. The van der Waals surface area contributed by atoms with Crippen molar-refractivity contribution in [1.82, 2.24) is 0 Å². The molecule has 0 aliphatic heterocycles. The number of halogens is 3. The van der Waals surface area contributed by atoms with E-state index in [4.69, 9.17) is 5.73 Å². The molecule has 1 amide bonds. The second kappa shape index (κ2) is 5.44. The highest BCUT2D eigenvalue weighted by Gasteiger charge is 2.30. The van der Waals surface area contributed by atoms with Gasteiger partial charge in [0.15, 0.2) is 0 Å². The predicted molar refractivity (Wildman–Crippen MR) is 59.7 cm³/mol. The molecule has 98 valence electrons. The van der Waals surface area contributed by atoms with Crippen LogP contribution in [0, 0.1) is 0 Å². The summed E-state index contributed by atoms with van der Waals surface area (Å²) in [6, 6.07) is 5.10. The van der Waals surface area contributed by atoms with Crippen LogP contribution in [0.4, 0.5) is 18.9 Å². The zero-order chi connectivity index (χ0) is 13.8. The number of primary amides is 1. The second-order valence-corrected chi connectivity index (χ2v) is 3.43. The lowest BCUT2D eigenvalue weighted by Gasteiger charge is -2.10. The van der Waals surface area contributed by atoms with Crippen molar-refractivity contribution in [2.24, 2.45) is 5.73 Å². The number of allylic oxidation sites excluding steroid dienone is 1. The fraction of sp³-hybridized carbons (Fsp3) is 0.182. The van der Waals surface area contributed by atoms with Crippen LogP contribution in [-0.4, -0.2) is 12.3 Å². The Hall–Kier alpha value is -2.18. The van der Waals surface area contributed by atoms with Crippen molar-refractivity contribution in [2.45, 2.75) is 13.3 Å². The highest BCUT2D eigenvalue weighted by atomic mass is 19.4. The van der Waals surface area contributed by atoms with Crippen LogP contribution in [0.2, 0.25) is 0 Å². The lowest BCUT2D eigenvalue weighted by Crippen LogP contribution is -2.17. The molecule has 0 aromatic heterocycles. The Kier molecular flexibility index (Phi) is 4.19.